The molecule has 0 aliphatic carbocycles. The Balaban J connectivity index is 2.12. The van der Waals surface area contributed by atoms with E-state index in [0.717, 1.165) is 6.08 Å². The van der Waals surface area contributed by atoms with Crippen LogP contribution in [-0.2, 0) is 16.6 Å². The molecule has 1 aromatic heterocycles. The minimum atomic E-state index is -1.56. The van der Waals surface area contributed by atoms with Crippen molar-refractivity contribution in [2.24, 2.45) is 7.05 Å². The molecule has 3 rings (SSSR count). The quantitative estimate of drug-likeness (QED) is 0.586. The number of fused-ring (bicyclic) bond motifs is 3. The van der Waals surface area contributed by atoms with Crippen molar-refractivity contribution in [3.8, 4) is 5.75 Å². The number of benzene rings is 1. The number of hydrogen-bond acceptors (Lipinski definition) is 7. The summed E-state index contributed by atoms with van der Waals surface area (Å²) in [5.41, 5.74) is 1.41. The number of phenols is 1. The van der Waals surface area contributed by atoms with E-state index in [0.29, 0.717) is 16.6 Å². The molecule has 8 heteroatoms. The fraction of sp³-hybridized carbons (Fsp3) is 0.350. The molecule has 0 amide bonds. The summed E-state index contributed by atoms with van der Waals surface area (Å²) in [6.07, 6.45) is 4.00. The van der Waals surface area contributed by atoms with Crippen molar-refractivity contribution >= 4 is 28.9 Å². The summed E-state index contributed by atoms with van der Waals surface area (Å²) in [5, 5.41) is 30.5. The van der Waals surface area contributed by atoms with Gasteiger partial charge in [0.2, 0.25) is 0 Å². The summed E-state index contributed by atoms with van der Waals surface area (Å²) in [5.74, 6) is -1.58. The number of carbonyl (C=O) groups excluding carboxylic acids is 2. The van der Waals surface area contributed by atoms with Gasteiger partial charge in [-0.25, -0.2) is 9.78 Å². The van der Waals surface area contributed by atoms with Gasteiger partial charge >= 0.3 is 5.97 Å². The zero-order chi connectivity index (χ0) is 20.4. The smallest absolute Gasteiger partial charge is 0.342 e. The third kappa shape index (κ3) is 3.83. The predicted octanol–water partition coefficient (Wildman–Crippen LogP) is 1.48. The van der Waals surface area contributed by atoms with E-state index in [-0.39, 0.29) is 24.2 Å². The number of aliphatic hydroxyl groups is 2. The molecule has 2 aromatic rings. The molecule has 0 spiro atoms. The maximum atomic E-state index is 12.7. The number of ketones is 1. The molecule has 2 heterocycles. The molecule has 3 unspecified atom stereocenters. The number of imidazole rings is 1. The monoisotopic (exact) mass is 386 g/mol. The Bertz CT molecular complexity index is 975. The number of hydrogen-bond donors (Lipinski definition) is 3. The summed E-state index contributed by atoms with van der Waals surface area (Å²) >= 11 is 0. The molecule has 3 atom stereocenters. The van der Waals surface area contributed by atoms with Gasteiger partial charge in [0.15, 0.2) is 5.78 Å². The Hall–Kier alpha value is -2.97. The van der Waals surface area contributed by atoms with Gasteiger partial charge in [0.05, 0.1) is 23.5 Å². The minimum absolute atomic E-state index is 0.0264. The largest absolute Gasteiger partial charge is 0.507 e. The van der Waals surface area contributed by atoms with Crippen LogP contribution in [0.1, 0.15) is 35.7 Å². The Morgan fingerprint density at radius 1 is 1.18 bits per heavy atom. The van der Waals surface area contributed by atoms with Gasteiger partial charge in [-0.05, 0) is 19.4 Å². The molecule has 3 N–H and O–H groups in total. The number of cyclic esters (lactones) is 1. The highest BCUT2D eigenvalue weighted by Crippen LogP contribution is 2.32. The van der Waals surface area contributed by atoms with Crippen molar-refractivity contribution in [2.75, 3.05) is 0 Å². The average molecular weight is 386 g/mol. The molecular formula is C20H22N2O6. The van der Waals surface area contributed by atoms with Crippen molar-refractivity contribution in [3.63, 3.8) is 0 Å². The van der Waals surface area contributed by atoms with Crippen LogP contribution in [0.2, 0.25) is 0 Å². The standard InChI is InChI=1S/C20H22N2O6/c1-11-5-3-7-14(23)19(26)15(24)8-4-6-12-17(20(27)28-11)16(25)9-13-18(12)21-10-22(13)2/h3-4,6-7,9-11,15,19,24-26H,5,8H2,1-2H3/b6-4+,7-3-. The number of aryl methyl sites for hydroxylation is 1. The van der Waals surface area contributed by atoms with Gasteiger partial charge in [-0.1, -0.05) is 18.2 Å². The molecule has 0 bridgehead atoms. The Labute approximate surface area is 161 Å². The van der Waals surface area contributed by atoms with Gasteiger partial charge in [0.1, 0.15) is 23.5 Å². The number of aliphatic hydroxyl groups excluding tert-OH is 2. The van der Waals surface area contributed by atoms with Crippen molar-refractivity contribution < 1.29 is 29.6 Å². The number of carbonyl (C=O) groups is 2. The van der Waals surface area contributed by atoms with Gasteiger partial charge in [-0.3, -0.25) is 4.79 Å². The van der Waals surface area contributed by atoms with Gasteiger partial charge in [0.25, 0.3) is 0 Å². The van der Waals surface area contributed by atoms with E-state index < -0.39 is 30.1 Å². The number of esters is 1. The van der Waals surface area contributed by atoms with Crippen LogP contribution in [0.5, 0.6) is 5.75 Å². The van der Waals surface area contributed by atoms with E-state index in [9.17, 15) is 24.9 Å². The molecule has 28 heavy (non-hydrogen) atoms. The lowest BCUT2D eigenvalue weighted by atomic mass is 10.0. The summed E-state index contributed by atoms with van der Waals surface area (Å²) < 4.78 is 7.10. The number of aromatic hydroxyl groups is 1. The second kappa shape index (κ2) is 7.95. The van der Waals surface area contributed by atoms with E-state index >= 15 is 0 Å². The zero-order valence-corrected chi connectivity index (χ0v) is 15.6. The second-order valence-electron chi connectivity index (χ2n) is 6.81. The molecule has 8 nitrogen and oxygen atoms in total. The molecule has 0 saturated carbocycles. The first kappa shape index (κ1) is 19.8. The van der Waals surface area contributed by atoms with Crippen LogP contribution >= 0.6 is 0 Å². The fourth-order valence-corrected chi connectivity index (χ4v) is 3.06. The first-order chi connectivity index (χ1) is 13.3. The molecule has 0 radical (unpaired) electrons. The lowest BCUT2D eigenvalue weighted by Gasteiger charge is -2.16. The average Bonchev–Trinajstić information content (AvgIpc) is 3.00. The lowest BCUT2D eigenvalue weighted by Crippen LogP contribution is -2.32. The number of nitrogens with zero attached hydrogens (tertiary/aromatic N) is 2. The molecule has 1 aliphatic heterocycles. The van der Waals surface area contributed by atoms with Gasteiger partial charge in [-0.2, -0.15) is 0 Å². The number of aromatic nitrogens is 2. The second-order valence-corrected chi connectivity index (χ2v) is 6.81. The third-order valence-electron chi connectivity index (χ3n) is 4.62. The summed E-state index contributed by atoms with van der Waals surface area (Å²) in [6, 6.07) is 1.45. The Morgan fingerprint density at radius 2 is 1.89 bits per heavy atom. The van der Waals surface area contributed by atoms with Crippen molar-refractivity contribution in [1.82, 2.24) is 9.55 Å². The highest BCUT2D eigenvalue weighted by Gasteiger charge is 2.25. The Morgan fingerprint density at radius 3 is 2.64 bits per heavy atom. The van der Waals surface area contributed by atoms with E-state index in [1.54, 1.807) is 24.9 Å². The maximum absolute atomic E-state index is 12.7. The van der Waals surface area contributed by atoms with E-state index in [1.807, 2.05) is 0 Å². The summed E-state index contributed by atoms with van der Waals surface area (Å²) in [6.45, 7) is 1.65. The van der Waals surface area contributed by atoms with Gasteiger partial charge in [0, 0.05) is 25.1 Å². The topological polar surface area (TPSA) is 122 Å². The third-order valence-corrected chi connectivity index (χ3v) is 4.62. The van der Waals surface area contributed by atoms with Crippen LogP contribution in [0, 0.1) is 0 Å². The maximum Gasteiger partial charge on any atom is 0.342 e. The van der Waals surface area contributed by atoms with Crippen LogP contribution < -0.4 is 0 Å². The van der Waals surface area contributed by atoms with Gasteiger partial charge < -0.3 is 24.6 Å². The van der Waals surface area contributed by atoms with Crippen LogP contribution in [0.3, 0.4) is 0 Å². The minimum Gasteiger partial charge on any atom is -0.507 e. The van der Waals surface area contributed by atoms with Crippen molar-refractivity contribution in [2.45, 2.75) is 38.1 Å². The predicted molar refractivity (Wildman–Crippen MR) is 102 cm³/mol. The van der Waals surface area contributed by atoms with E-state index in [2.05, 4.69) is 4.98 Å². The molecule has 1 aromatic carbocycles. The number of ether oxygens (including phenoxy) is 1. The SMILES string of the molecule is CC1C/C=C\C(=O)C(O)C(O)C/C=C/c2c(c(O)cc3c2ncn3C)C(=O)O1. The van der Waals surface area contributed by atoms with Crippen LogP contribution in [0.4, 0.5) is 0 Å². The molecule has 0 fully saturated rings. The molecule has 1 aliphatic rings. The van der Waals surface area contributed by atoms with Crippen LogP contribution in [0.15, 0.2) is 30.6 Å². The molecule has 148 valence electrons. The van der Waals surface area contributed by atoms with Crippen LogP contribution in [-0.4, -0.2) is 54.9 Å². The first-order valence-electron chi connectivity index (χ1n) is 8.90. The highest BCUT2D eigenvalue weighted by molar-refractivity contribution is 6.03. The molecule has 0 saturated heterocycles. The van der Waals surface area contributed by atoms with E-state index in [1.165, 1.54) is 24.3 Å². The number of phenolic OH excluding ortho intramolecular Hbond substituents is 1. The lowest BCUT2D eigenvalue weighted by molar-refractivity contribution is -0.127. The fourth-order valence-electron chi connectivity index (χ4n) is 3.06. The van der Waals surface area contributed by atoms with Crippen molar-refractivity contribution in [3.05, 3.63) is 41.7 Å². The normalized spacial score (nSPS) is 26.4. The van der Waals surface area contributed by atoms with Crippen molar-refractivity contribution in [1.29, 1.82) is 0 Å². The molecular weight excluding hydrogens is 364 g/mol. The van der Waals surface area contributed by atoms with Gasteiger partial charge in [-0.15, -0.1) is 0 Å². The number of rotatable bonds is 0. The summed E-state index contributed by atoms with van der Waals surface area (Å²) in [7, 11) is 1.76. The highest BCUT2D eigenvalue weighted by atomic mass is 16.5. The Kier molecular flexibility index (Phi) is 5.62. The van der Waals surface area contributed by atoms with E-state index in [4.69, 9.17) is 4.74 Å². The zero-order valence-electron chi connectivity index (χ0n) is 15.6. The summed E-state index contributed by atoms with van der Waals surface area (Å²) in [4.78, 5) is 28.9. The van der Waals surface area contributed by atoms with Crippen LogP contribution in [0.25, 0.3) is 17.1 Å². The first-order valence-corrected chi connectivity index (χ1v) is 8.90.